The van der Waals surface area contributed by atoms with Gasteiger partial charge in [-0.3, -0.25) is 9.69 Å². The largest absolute Gasteiger partial charge is 0.478 e. The number of rotatable bonds is 5. The molecule has 2 aromatic carbocycles. The summed E-state index contributed by atoms with van der Waals surface area (Å²) in [4.78, 5) is 36.7. The highest BCUT2D eigenvalue weighted by atomic mass is 16.4. The minimum atomic E-state index is -0.967. The molecule has 3 amide bonds. The fourth-order valence-corrected chi connectivity index (χ4v) is 3.53. The van der Waals surface area contributed by atoms with Crippen molar-refractivity contribution in [1.29, 1.82) is 0 Å². The minimum absolute atomic E-state index is 0.236. The van der Waals surface area contributed by atoms with Crippen LogP contribution in [-0.2, 0) is 11.3 Å². The first kappa shape index (κ1) is 18.5. The molecule has 0 spiro atoms. The summed E-state index contributed by atoms with van der Waals surface area (Å²) in [5.74, 6) is -1.31. The van der Waals surface area contributed by atoms with Crippen LogP contribution in [0.4, 0.5) is 4.79 Å². The third kappa shape index (κ3) is 3.38. The van der Waals surface area contributed by atoms with Crippen LogP contribution in [-0.4, -0.2) is 39.0 Å². The maximum atomic E-state index is 12.4. The van der Waals surface area contributed by atoms with E-state index >= 15 is 0 Å². The van der Waals surface area contributed by atoms with Crippen LogP contribution in [0.2, 0.25) is 0 Å². The van der Waals surface area contributed by atoms with Gasteiger partial charge in [0.15, 0.2) is 0 Å². The number of aromatic nitrogens is 1. The van der Waals surface area contributed by atoms with Crippen LogP contribution in [0.25, 0.3) is 17.0 Å². The summed E-state index contributed by atoms with van der Waals surface area (Å²) in [5.41, 5.74) is 3.08. The van der Waals surface area contributed by atoms with E-state index in [4.69, 9.17) is 0 Å². The van der Waals surface area contributed by atoms with Crippen LogP contribution in [0.5, 0.6) is 0 Å². The normalized spacial score (nSPS) is 15.3. The molecule has 2 heterocycles. The molecule has 1 aliphatic rings. The molecule has 3 aromatic rings. The molecule has 146 valence electrons. The molecular formula is C22H19N3O4. The summed E-state index contributed by atoms with van der Waals surface area (Å²) < 4.78 is 2.00. The summed E-state index contributed by atoms with van der Waals surface area (Å²) in [6, 6.07) is 14.1. The topological polar surface area (TPSA) is 91.6 Å². The molecule has 1 aromatic heterocycles. The number of carbonyl (C=O) groups excluding carboxylic acids is 2. The molecule has 0 unspecified atom stereocenters. The second-order valence-corrected chi connectivity index (χ2v) is 6.77. The average Bonchev–Trinajstić information content (AvgIpc) is 3.19. The van der Waals surface area contributed by atoms with Crippen molar-refractivity contribution in [2.45, 2.75) is 13.5 Å². The van der Waals surface area contributed by atoms with Crippen LogP contribution in [0.1, 0.15) is 28.4 Å². The van der Waals surface area contributed by atoms with Crippen LogP contribution in [0.15, 0.2) is 60.4 Å². The number of hydrogen-bond acceptors (Lipinski definition) is 3. The molecule has 0 atom stereocenters. The number of likely N-dealkylation sites (N-methyl/N-ethyl adjacent to an activating group) is 1. The number of carbonyl (C=O) groups is 3. The van der Waals surface area contributed by atoms with Gasteiger partial charge in [0.1, 0.15) is 5.70 Å². The number of hydrogen-bond donors (Lipinski definition) is 2. The predicted octanol–water partition coefficient (Wildman–Crippen LogP) is 3.30. The number of para-hydroxylation sites is 1. The highest BCUT2D eigenvalue weighted by Crippen LogP contribution is 2.25. The van der Waals surface area contributed by atoms with Gasteiger partial charge in [0.2, 0.25) is 0 Å². The molecule has 0 saturated carbocycles. The second kappa shape index (κ2) is 7.27. The molecule has 2 N–H and O–H groups in total. The maximum Gasteiger partial charge on any atom is 0.335 e. The van der Waals surface area contributed by atoms with E-state index < -0.39 is 12.0 Å². The van der Waals surface area contributed by atoms with Gasteiger partial charge in [-0.05, 0) is 36.8 Å². The van der Waals surface area contributed by atoms with E-state index in [1.807, 2.05) is 41.1 Å². The lowest BCUT2D eigenvalue weighted by Crippen LogP contribution is -2.30. The molecule has 1 saturated heterocycles. The van der Waals surface area contributed by atoms with Crippen molar-refractivity contribution >= 4 is 34.9 Å². The number of nitrogens with zero attached hydrogens (tertiary/aromatic N) is 2. The molecule has 29 heavy (non-hydrogen) atoms. The number of aromatic carboxylic acids is 1. The molecule has 7 heteroatoms. The standard InChI is InChI=1S/C22H19N3O4/c1-2-25-20(26)18(23-22(25)29)11-16-13-24(19-9-4-3-8-17(16)19)12-14-6-5-7-15(10-14)21(27)28/h3-11,13H,2,12H2,1H3,(H,23,29)(H,27,28)/b18-11+. The summed E-state index contributed by atoms with van der Waals surface area (Å²) in [7, 11) is 0. The van der Waals surface area contributed by atoms with E-state index in [1.165, 1.54) is 0 Å². The average molecular weight is 389 g/mol. The van der Waals surface area contributed by atoms with E-state index in [-0.39, 0.29) is 17.2 Å². The van der Waals surface area contributed by atoms with Crippen molar-refractivity contribution in [2.24, 2.45) is 0 Å². The maximum absolute atomic E-state index is 12.4. The molecule has 0 bridgehead atoms. The SMILES string of the molecule is CCN1C(=O)N/C(=C/c2cn(Cc3cccc(C(=O)O)c3)c3ccccc23)C1=O. The molecule has 1 fully saturated rings. The first-order valence-corrected chi connectivity index (χ1v) is 9.22. The van der Waals surface area contributed by atoms with Gasteiger partial charge in [0.25, 0.3) is 5.91 Å². The Kier molecular flexibility index (Phi) is 4.64. The summed E-state index contributed by atoms with van der Waals surface area (Å²) >= 11 is 0. The number of fused-ring (bicyclic) bond motifs is 1. The first-order valence-electron chi connectivity index (χ1n) is 9.22. The smallest absolute Gasteiger partial charge is 0.335 e. The van der Waals surface area contributed by atoms with Crippen LogP contribution in [0.3, 0.4) is 0 Å². The summed E-state index contributed by atoms with van der Waals surface area (Å²) in [5, 5.41) is 12.8. The Labute approximate surface area is 166 Å². The van der Waals surface area contributed by atoms with E-state index in [1.54, 1.807) is 31.2 Å². The Bertz CT molecular complexity index is 1180. The van der Waals surface area contributed by atoms with Crippen molar-refractivity contribution in [3.63, 3.8) is 0 Å². The van der Waals surface area contributed by atoms with E-state index in [2.05, 4.69) is 5.32 Å². The number of carboxylic acids is 1. The molecule has 0 aliphatic carbocycles. The van der Waals surface area contributed by atoms with E-state index in [9.17, 15) is 19.5 Å². The Hall–Kier alpha value is -3.87. The molecular weight excluding hydrogens is 370 g/mol. The zero-order chi connectivity index (χ0) is 20.5. The number of urea groups is 1. The van der Waals surface area contributed by atoms with Crippen molar-refractivity contribution < 1.29 is 19.5 Å². The van der Waals surface area contributed by atoms with Gasteiger partial charge in [-0.25, -0.2) is 9.59 Å². The first-order chi connectivity index (χ1) is 14.0. The van der Waals surface area contributed by atoms with Gasteiger partial charge in [-0.2, -0.15) is 0 Å². The Morgan fingerprint density at radius 1 is 1.14 bits per heavy atom. The zero-order valence-electron chi connectivity index (χ0n) is 15.8. The van der Waals surface area contributed by atoms with Gasteiger partial charge in [-0.1, -0.05) is 30.3 Å². The lowest BCUT2D eigenvalue weighted by atomic mass is 10.1. The molecule has 1 aliphatic heterocycles. The monoisotopic (exact) mass is 389 g/mol. The van der Waals surface area contributed by atoms with Crippen LogP contribution >= 0.6 is 0 Å². The van der Waals surface area contributed by atoms with Gasteiger partial charge in [0, 0.05) is 35.8 Å². The van der Waals surface area contributed by atoms with Crippen molar-refractivity contribution in [3.8, 4) is 0 Å². The fraction of sp³-hybridized carbons (Fsp3) is 0.136. The number of imide groups is 1. The molecule has 7 nitrogen and oxygen atoms in total. The lowest BCUT2D eigenvalue weighted by Gasteiger charge is -2.06. The number of amides is 3. The van der Waals surface area contributed by atoms with Gasteiger partial charge >= 0.3 is 12.0 Å². The lowest BCUT2D eigenvalue weighted by molar-refractivity contribution is -0.122. The number of benzene rings is 2. The van der Waals surface area contributed by atoms with Crippen molar-refractivity contribution in [1.82, 2.24) is 14.8 Å². The van der Waals surface area contributed by atoms with Gasteiger partial charge in [-0.15, -0.1) is 0 Å². The van der Waals surface area contributed by atoms with E-state index in [0.717, 1.165) is 26.9 Å². The highest BCUT2D eigenvalue weighted by Gasteiger charge is 2.32. The Morgan fingerprint density at radius 3 is 2.66 bits per heavy atom. The van der Waals surface area contributed by atoms with Crippen LogP contribution in [0, 0.1) is 0 Å². The molecule has 4 rings (SSSR count). The van der Waals surface area contributed by atoms with Crippen molar-refractivity contribution in [2.75, 3.05) is 6.54 Å². The van der Waals surface area contributed by atoms with Crippen LogP contribution < -0.4 is 5.32 Å². The van der Waals surface area contributed by atoms with E-state index in [0.29, 0.717) is 13.1 Å². The quantitative estimate of drug-likeness (QED) is 0.517. The fourth-order valence-electron chi connectivity index (χ4n) is 3.53. The zero-order valence-corrected chi connectivity index (χ0v) is 15.8. The third-order valence-electron chi connectivity index (χ3n) is 4.92. The Balaban J connectivity index is 1.74. The predicted molar refractivity (Wildman–Crippen MR) is 108 cm³/mol. The number of carboxylic acid groups (broad SMARTS) is 1. The summed E-state index contributed by atoms with van der Waals surface area (Å²) in [6.45, 7) is 2.54. The molecule has 0 radical (unpaired) electrons. The Morgan fingerprint density at radius 2 is 1.93 bits per heavy atom. The highest BCUT2D eigenvalue weighted by molar-refractivity contribution is 6.14. The summed E-state index contributed by atoms with van der Waals surface area (Å²) in [6.07, 6.45) is 3.58. The van der Waals surface area contributed by atoms with Gasteiger partial charge in [0.05, 0.1) is 5.56 Å². The minimum Gasteiger partial charge on any atom is -0.478 e. The second-order valence-electron chi connectivity index (χ2n) is 6.77. The third-order valence-corrected chi connectivity index (χ3v) is 4.92. The number of nitrogens with one attached hydrogen (secondary N) is 1. The van der Waals surface area contributed by atoms with Gasteiger partial charge < -0.3 is 15.0 Å². The van der Waals surface area contributed by atoms with Crippen molar-refractivity contribution in [3.05, 3.63) is 77.1 Å².